The van der Waals surface area contributed by atoms with Crippen molar-refractivity contribution in [1.82, 2.24) is 5.32 Å². The molecule has 0 saturated heterocycles. The second-order valence-corrected chi connectivity index (χ2v) is 4.64. The number of rotatable bonds is 5. The fourth-order valence-electron chi connectivity index (χ4n) is 2.01. The zero-order valence-electron chi connectivity index (χ0n) is 11.1. The first-order valence-electron chi connectivity index (χ1n) is 6.26. The van der Waals surface area contributed by atoms with Crippen molar-refractivity contribution < 1.29 is 13.9 Å². The zero-order chi connectivity index (χ0) is 13.8. The summed E-state index contributed by atoms with van der Waals surface area (Å²) < 4.78 is 18.2. The molecule has 4 heteroatoms. The van der Waals surface area contributed by atoms with Gasteiger partial charge in [0.1, 0.15) is 17.3 Å². The number of furan rings is 1. The van der Waals surface area contributed by atoms with Crippen LogP contribution < -0.4 is 5.32 Å². The Kier molecular flexibility index (Phi) is 4.35. The molecular formula is C15H18FNO2. The van der Waals surface area contributed by atoms with E-state index in [9.17, 15) is 9.50 Å². The Hall–Kier alpha value is -1.65. The molecule has 0 aliphatic carbocycles. The van der Waals surface area contributed by atoms with Crippen LogP contribution in [-0.4, -0.2) is 11.7 Å². The minimum Gasteiger partial charge on any atom is -0.466 e. The summed E-state index contributed by atoms with van der Waals surface area (Å²) in [5, 5.41) is 13.1. The number of nitrogens with one attached hydrogen (secondary N) is 1. The predicted molar refractivity (Wildman–Crippen MR) is 71.2 cm³/mol. The van der Waals surface area contributed by atoms with Crippen LogP contribution in [0.4, 0.5) is 4.39 Å². The fourth-order valence-corrected chi connectivity index (χ4v) is 2.01. The molecule has 2 N–H and O–H groups in total. The molecule has 0 aliphatic heterocycles. The van der Waals surface area contributed by atoms with Gasteiger partial charge in [-0.15, -0.1) is 0 Å². The van der Waals surface area contributed by atoms with E-state index in [1.807, 2.05) is 19.9 Å². The van der Waals surface area contributed by atoms with Crippen LogP contribution in [0.25, 0.3) is 0 Å². The highest BCUT2D eigenvalue weighted by Crippen LogP contribution is 2.15. The molecule has 0 radical (unpaired) electrons. The average Bonchev–Trinajstić information content (AvgIpc) is 2.68. The molecule has 1 aromatic carbocycles. The maximum Gasteiger partial charge on any atom is 0.123 e. The predicted octanol–water partition coefficient (Wildman–Crippen LogP) is 2.86. The molecular weight excluding hydrogens is 245 g/mol. The maximum atomic E-state index is 12.8. The summed E-state index contributed by atoms with van der Waals surface area (Å²) in [5.41, 5.74) is 1.79. The number of aliphatic hydroxyl groups excluding tert-OH is 1. The van der Waals surface area contributed by atoms with E-state index >= 15 is 0 Å². The molecule has 1 unspecified atom stereocenters. The van der Waals surface area contributed by atoms with Crippen molar-refractivity contribution >= 4 is 0 Å². The highest BCUT2D eigenvalue weighted by molar-refractivity contribution is 5.21. The Bertz CT molecular complexity index is 534. The van der Waals surface area contributed by atoms with E-state index in [0.29, 0.717) is 18.7 Å². The van der Waals surface area contributed by atoms with Gasteiger partial charge < -0.3 is 14.8 Å². The van der Waals surface area contributed by atoms with E-state index in [1.165, 1.54) is 12.1 Å². The lowest BCUT2D eigenvalue weighted by molar-refractivity contribution is 0.174. The van der Waals surface area contributed by atoms with E-state index in [2.05, 4.69) is 5.32 Å². The highest BCUT2D eigenvalue weighted by atomic mass is 19.1. The Labute approximate surface area is 112 Å². The van der Waals surface area contributed by atoms with Gasteiger partial charge in [-0.1, -0.05) is 12.1 Å². The van der Waals surface area contributed by atoms with Crippen LogP contribution in [-0.2, 0) is 6.54 Å². The van der Waals surface area contributed by atoms with Crippen LogP contribution >= 0.6 is 0 Å². The first-order valence-corrected chi connectivity index (χ1v) is 6.26. The summed E-state index contributed by atoms with van der Waals surface area (Å²) in [5.74, 6) is 1.48. The van der Waals surface area contributed by atoms with Crippen LogP contribution in [0.3, 0.4) is 0 Å². The number of aliphatic hydroxyl groups is 1. The molecule has 0 spiro atoms. The van der Waals surface area contributed by atoms with E-state index < -0.39 is 6.10 Å². The summed E-state index contributed by atoms with van der Waals surface area (Å²) in [6.45, 7) is 4.88. The van der Waals surface area contributed by atoms with Crippen molar-refractivity contribution in [1.29, 1.82) is 0 Å². The molecule has 2 aromatic rings. The SMILES string of the molecule is Cc1cc(CNCC(O)c2ccc(F)cc2)c(C)o1. The van der Waals surface area contributed by atoms with Gasteiger partial charge in [0.05, 0.1) is 6.10 Å². The molecule has 0 amide bonds. The Morgan fingerprint density at radius 2 is 1.95 bits per heavy atom. The van der Waals surface area contributed by atoms with E-state index in [0.717, 1.165) is 17.1 Å². The number of hydrogen-bond acceptors (Lipinski definition) is 3. The number of hydrogen-bond donors (Lipinski definition) is 2. The topological polar surface area (TPSA) is 45.4 Å². The fraction of sp³-hybridized carbons (Fsp3) is 0.333. The highest BCUT2D eigenvalue weighted by Gasteiger charge is 2.08. The van der Waals surface area contributed by atoms with Gasteiger partial charge in [-0.3, -0.25) is 0 Å². The Balaban J connectivity index is 1.85. The van der Waals surface area contributed by atoms with Crippen LogP contribution in [0.2, 0.25) is 0 Å². The van der Waals surface area contributed by atoms with Crippen molar-refractivity contribution in [3.63, 3.8) is 0 Å². The first-order chi connectivity index (χ1) is 9.06. The maximum absolute atomic E-state index is 12.8. The van der Waals surface area contributed by atoms with Gasteiger partial charge in [-0.05, 0) is 37.6 Å². The molecule has 1 atom stereocenters. The van der Waals surface area contributed by atoms with Crippen molar-refractivity contribution in [2.45, 2.75) is 26.5 Å². The standard InChI is InChI=1S/C15H18FNO2/c1-10-7-13(11(2)19-10)8-17-9-15(18)12-3-5-14(16)6-4-12/h3-7,15,17-18H,8-9H2,1-2H3. The van der Waals surface area contributed by atoms with Crippen molar-refractivity contribution in [2.24, 2.45) is 0 Å². The largest absolute Gasteiger partial charge is 0.466 e. The summed E-state index contributed by atoms with van der Waals surface area (Å²) in [6, 6.07) is 7.86. The smallest absolute Gasteiger partial charge is 0.123 e. The summed E-state index contributed by atoms with van der Waals surface area (Å²) in [7, 11) is 0. The molecule has 1 heterocycles. The molecule has 2 rings (SSSR count). The molecule has 102 valence electrons. The molecule has 0 bridgehead atoms. The quantitative estimate of drug-likeness (QED) is 0.872. The number of benzene rings is 1. The van der Waals surface area contributed by atoms with Crippen molar-refractivity contribution in [3.8, 4) is 0 Å². The van der Waals surface area contributed by atoms with E-state index in [-0.39, 0.29) is 5.82 Å². The summed E-state index contributed by atoms with van der Waals surface area (Å²) >= 11 is 0. The van der Waals surface area contributed by atoms with Gasteiger partial charge in [0.25, 0.3) is 0 Å². The lowest BCUT2D eigenvalue weighted by Crippen LogP contribution is -2.21. The van der Waals surface area contributed by atoms with Crippen molar-refractivity contribution in [2.75, 3.05) is 6.54 Å². The van der Waals surface area contributed by atoms with Gasteiger partial charge in [-0.25, -0.2) is 4.39 Å². The normalized spacial score (nSPS) is 12.6. The van der Waals surface area contributed by atoms with Crippen molar-refractivity contribution in [3.05, 3.63) is 58.8 Å². The van der Waals surface area contributed by atoms with Crippen LogP contribution in [0, 0.1) is 19.7 Å². The van der Waals surface area contributed by atoms with Crippen LogP contribution in [0.5, 0.6) is 0 Å². The zero-order valence-corrected chi connectivity index (χ0v) is 11.1. The van der Waals surface area contributed by atoms with Gasteiger partial charge in [-0.2, -0.15) is 0 Å². The molecule has 19 heavy (non-hydrogen) atoms. The summed E-state index contributed by atoms with van der Waals surface area (Å²) in [4.78, 5) is 0. The molecule has 0 fully saturated rings. The number of halogens is 1. The minimum atomic E-state index is -0.645. The molecule has 3 nitrogen and oxygen atoms in total. The van der Waals surface area contributed by atoms with Gasteiger partial charge in [0, 0.05) is 18.7 Å². The third-order valence-corrected chi connectivity index (χ3v) is 3.05. The van der Waals surface area contributed by atoms with Gasteiger partial charge >= 0.3 is 0 Å². The lowest BCUT2D eigenvalue weighted by atomic mass is 10.1. The summed E-state index contributed by atoms with van der Waals surface area (Å²) in [6.07, 6.45) is -0.645. The van der Waals surface area contributed by atoms with Crippen LogP contribution in [0.15, 0.2) is 34.7 Å². The van der Waals surface area contributed by atoms with E-state index in [1.54, 1.807) is 12.1 Å². The molecule has 0 aliphatic rings. The van der Waals surface area contributed by atoms with Crippen LogP contribution in [0.1, 0.15) is 28.8 Å². The second-order valence-electron chi connectivity index (χ2n) is 4.64. The Morgan fingerprint density at radius 3 is 2.53 bits per heavy atom. The van der Waals surface area contributed by atoms with E-state index in [4.69, 9.17) is 4.42 Å². The average molecular weight is 263 g/mol. The molecule has 0 saturated carbocycles. The van der Waals surface area contributed by atoms with Gasteiger partial charge in [0.15, 0.2) is 0 Å². The minimum absolute atomic E-state index is 0.298. The first kappa shape index (κ1) is 13.8. The Morgan fingerprint density at radius 1 is 1.26 bits per heavy atom. The molecule has 1 aromatic heterocycles. The third-order valence-electron chi connectivity index (χ3n) is 3.05. The second kappa shape index (κ2) is 5.99. The monoisotopic (exact) mass is 263 g/mol. The van der Waals surface area contributed by atoms with Gasteiger partial charge in [0.2, 0.25) is 0 Å². The lowest BCUT2D eigenvalue weighted by Gasteiger charge is -2.12. The number of aryl methyl sites for hydroxylation is 2. The third kappa shape index (κ3) is 3.66.